The van der Waals surface area contributed by atoms with Gasteiger partial charge in [-0.25, -0.2) is 4.79 Å². The summed E-state index contributed by atoms with van der Waals surface area (Å²) in [5.41, 5.74) is 6.14. The number of benzene rings is 3. The molecule has 2 amide bonds. The maximum Gasteiger partial charge on any atom is 0.342 e. The van der Waals surface area contributed by atoms with Gasteiger partial charge in [0.2, 0.25) is 0 Å². The minimum absolute atomic E-state index is 0.00000219. The second-order valence-corrected chi connectivity index (χ2v) is 11.6. The number of amides is 2. The lowest BCUT2D eigenvalue weighted by atomic mass is 9.82. The quantitative estimate of drug-likeness (QED) is 0.228. The monoisotopic (exact) mass is 536 g/mol. The van der Waals surface area contributed by atoms with Gasteiger partial charge >= 0.3 is 6.03 Å². The van der Waals surface area contributed by atoms with Crippen LogP contribution in [-0.4, -0.2) is 26.8 Å². The maximum atomic E-state index is 13.2. The maximum absolute atomic E-state index is 13.2. The number of aryl methyl sites for hydroxylation is 1. The molecule has 4 aromatic rings. The minimum Gasteiger partial charge on any atom is -0.507 e. The predicted molar refractivity (Wildman–Crippen MR) is 158 cm³/mol. The molecule has 1 aliphatic carbocycles. The van der Waals surface area contributed by atoms with Gasteiger partial charge < -0.3 is 15.7 Å². The van der Waals surface area contributed by atoms with Gasteiger partial charge in [0, 0.05) is 29.3 Å². The zero-order chi connectivity index (χ0) is 28.4. The molecule has 0 spiro atoms. The van der Waals surface area contributed by atoms with Crippen LogP contribution in [0.3, 0.4) is 0 Å². The van der Waals surface area contributed by atoms with Crippen molar-refractivity contribution in [2.24, 2.45) is 0 Å². The third-order valence-electron chi connectivity index (χ3n) is 7.69. The highest BCUT2D eigenvalue weighted by molar-refractivity contribution is 6.04. The topological polar surface area (TPSA) is 96.3 Å². The Morgan fingerprint density at radius 2 is 1.73 bits per heavy atom. The number of anilines is 1. The van der Waals surface area contributed by atoms with Crippen molar-refractivity contribution in [3.8, 4) is 17.0 Å². The zero-order valence-corrected chi connectivity index (χ0v) is 23.5. The van der Waals surface area contributed by atoms with E-state index in [-0.39, 0.29) is 29.0 Å². The number of rotatable bonds is 6. The molecule has 3 N–H and O–H groups in total. The van der Waals surface area contributed by atoms with E-state index in [1.807, 2.05) is 61.5 Å². The number of carbonyl (C=O) groups is 2. The number of nitrogens with zero attached hydrogens (tertiary/aromatic N) is 2. The molecule has 0 saturated heterocycles. The SMILES string of the molecule is Cc1ccccc1CNC(=O)n1nc(-c2cc(NC(=O)c3ccc(C(C)(C)C)cc3)ccc2O)cc1C1CCC1. The Balaban J connectivity index is 1.38. The number of phenols is 1. The molecule has 1 aromatic heterocycles. The average molecular weight is 537 g/mol. The second-order valence-electron chi connectivity index (χ2n) is 11.6. The van der Waals surface area contributed by atoms with E-state index in [4.69, 9.17) is 0 Å². The van der Waals surface area contributed by atoms with Crippen LogP contribution in [0.1, 0.15) is 78.7 Å². The fourth-order valence-electron chi connectivity index (χ4n) is 4.88. The van der Waals surface area contributed by atoms with Gasteiger partial charge in [0.1, 0.15) is 5.75 Å². The number of hydrogen-bond acceptors (Lipinski definition) is 4. The largest absolute Gasteiger partial charge is 0.507 e. The van der Waals surface area contributed by atoms with Gasteiger partial charge in [-0.05, 0) is 78.3 Å². The summed E-state index contributed by atoms with van der Waals surface area (Å²) in [6.45, 7) is 8.81. The molecule has 206 valence electrons. The van der Waals surface area contributed by atoms with Crippen LogP contribution in [0.2, 0.25) is 0 Å². The summed E-state index contributed by atoms with van der Waals surface area (Å²) in [5, 5.41) is 21.2. The average Bonchev–Trinajstić information content (AvgIpc) is 3.32. The van der Waals surface area contributed by atoms with Crippen LogP contribution in [-0.2, 0) is 12.0 Å². The number of nitrogens with one attached hydrogen (secondary N) is 2. The first kappa shape index (κ1) is 27.2. The Morgan fingerprint density at radius 1 is 1.00 bits per heavy atom. The van der Waals surface area contributed by atoms with Gasteiger partial charge in [0.15, 0.2) is 0 Å². The number of hydrogen-bond donors (Lipinski definition) is 3. The first-order chi connectivity index (χ1) is 19.1. The van der Waals surface area contributed by atoms with Crippen LogP contribution in [0.5, 0.6) is 5.75 Å². The Morgan fingerprint density at radius 3 is 2.38 bits per heavy atom. The van der Waals surface area contributed by atoms with Gasteiger partial charge in [-0.1, -0.05) is 63.6 Å². The van der Waals surface area contributed by atoms with Crippen molar-refractivity contribution >= 4 is 17.6 Å². The first-order valence-corrected chi connectivity index (χ1v) is 13.8. The predicted octanol–water partition coefficient (Wildman–Crippen LogP) is 7.14. The molecule has 7 heteroatoms. The van der Waals surface area contributed by atoms with Crippen molar-refractivity contribution in [3.63, 3.8) is 0 Å². The fraction of sp³-hybridized carbons (Fsp3) is 0.303. The van der Waals surface area contributed by atoms with E-state index in [9.17, 15) is 14.7 Å². The van der Waals surface area contributed by atoms with Gasteiger partial charge in [-0.2, -0.15) is 9.78 Å². The van der Waals surface area contributed by atoms with Gasteiger partial charge in [0.05, 0.1) is 11.4 Å². The van der Waals surface area contributed by atoms with Gasteiger partial charge in [-0.15, -0.1) is 0 Å². The Kier molecular flexibility index (Phi) is 7.48. The summed E-state index contributed by atoms with van der Waals surface area (Å²) in [4.78, 5) is 26.2. The number of aromatic nitrogens is 2. The Bertz CT molecular complexity index is 1540. The van der Waals surface area contributed by atoms with Gasteiger partial charge in [0.25, 0.3) is 5.91 Å². The van der Waals surface area contributed by atoms with Crippen LogP contribution in [0.4, 0.5) is 10.5 Å². The van der Waals surface area contributed by atoms with Crippen LogP contribution in [0, 0.1) is 6.92 Å². The van der Waals surface area contributed by atoms with Crippen LogP contribution >= 0.6 is 0 Å². The smallest absolute Gasteiger partial charge is 0.342 e. The fourth-order valence-corrected chi connectivity index (χ4v) is 4.88. The molecule has 0 unspecified atom stereocenters. The van der Waals surface area contributed by atoms with E-state index in [0.29, 0.717) is 29.1 Å². The molecule has 0 atom stereocenters. The number of aromatic hydroxyl groups is 1. The number of carbonyl (C=O) groups excluding carboxylic acids is 2. The van der Waals surface area contributed by atoms with Crippen LogP contribution in [0.25, 0.3) is 11.3 Å². The second kappa shape index (κ2) is 11.0. The summed E-state index contributed by atoms with van der Waals surface area (Å²) < 4.78 is 1.43. The van der Waals surface area contributed by atoms with E-state index < -0.39 is 0 Å². The van der Waals surface area contributed by atoms with Crippen molar-refractivity contribution in [1.29, 1.82) is 0 Å². The molecule has 0 aliphatic heterocycles. The molecule has 1 aliphatic rings. The summed E-state index contributed by atoms with van der Waals surface area (Å²) in [7, 11) is 0. The molecule has 0 radical (unpaired) electrons. The molecule has 5 rings (SSSR count). The lowest BCUT2D eigenvalue weighted by Gasteiger charge is -2.25. The molecule has 7 nitrogen and oxygen atoms in total. The first-order valence-electron chi connectivity index (χ1n) is 13.8. The highest BCUT2D eigenvalue weighted by atomic mass is 16.3. The third kappa shape index (κ3) is 5.78. The third-order valence-corrected chi connectivity index (χ3v) is 7.69. The Hall–Kier alpha value is -4.39. The van der Waals surface area contributed by atoms with E-state index >= 15 is 0 Å². The standard InChI is InChI=1S/C33H36N4O3/c1-21-8-5-6-9-24(21)20-34-32(40)37-29(22-10-7-11-22)19-28(36-37)27-18-26(16-17-30(27)38)35-31(39)23-12-14-25(15-13-23)33(2,3)4/h5-6,8-9,12-19,22,38H,7,10-11,20H2,1-4H3,(H,34,40)(H,35,39). The molecule has 0 bridgehead atoms. The van der Waals surface area contributed by atoms with Crippen molar-refractivity contribution in [1.82, 2.24) is 15.1 Å². The van der Waals surface area contributed by atoms with Crippen molar-refractivity contribution < 1.29 is 14.7 Å². The van der Waals surface area contributed by atoms with Crippen molar-refractivity contribution in [2.75, 3.05) is 5.32 Å². The van der Waals surface area contributed by atoms with E-state index in [1.54, 1.807) is 12.1 Å². The summed E-state index contributed by atoms with van der Waals surface area (Å²) in [5.74, 6) is 0.0255. The van der Waals surface area contributed by atoms with Crippen molar-refractivity contribution in [2.45, 2.75) is 64.8 Å². The summed E-state index contributed by atoms with van der Waals surface area (Å²) in [6, 6.07) is 22.0. The molecule has 3 aromatic carbocycles. The molecule has 40 heavy (non-hydrogen) atoms. The normalized spacial score (nSPS) is 13.5. The lowest BCUT2D eigenvalue weighted by Crippen LogP contribution is -2.31. The molecule has 1 saturated carbocycles. The molecular weight excluding hydrogens is 500 g/mol. The summed E-state index contributed by atoms with van der Waals surface area (Å²) in [6.07, 6.45) is 3.10. The van der Waals surface area contributed by atoms with Crippen molar-refractivity contribution in [3.05, 3.63) is 101 Å². The van der Waals surface area contributed by atoms with E-state index in [1.165, 1.54) is 10.7 Å². The molecule has 1 heterocycles. The van der Waals surface area contributed by atoms with Crippen LogP contribution < -0.4 is 10.6 Å². The van der Waals surface area contributed by atoms with E-state index in [0.717, 1.165) is 41.6 Å². The molecular formula is C33H36N4O3. The van der Waals surface area contributed by atoms with Crippen LogP contribution in [0.15, 0.2) is 72.8 Å². The van der Waals surface area contributed by atoms with Gasteiger partial charge in [-0.3, -0.25) is 4.79 Å². The summed E-state index contributed by atoms with van der Waals surface area (Å²) >= 11 is 0. The highest BCUT2D eigenvalue weighted by Crippen LogP contribution is 2.39. The molecule has 1 fully saturated rings. The van der Waals surface area contributed by atoms with E-state index in [2.05, 4.69) is 36.5 Å². The zero-order valence-electron chi connectivity index (χ0n) is 23.5. The Labute approximate surface area is 235 Å². The lowest BCUT2D eigenvalue weighted by molar-refractivity contribution is 0.102. The highest BCUT2D eigenvalue weighted by Gasteiger charge is 2.28. The minimum atomic E-state index is -0.306. The number of phenolic OH excluding ortho intramolecular Hbond substituents is 1.